The van der Waals surface area contributed by atoms with Gasteiger partial charge in [0.05, 0.1) is 6.10 Å². The van der Waals surface area contributed by atoms with E-state index in [0.29, 0.717) is 25.2 Å². The van der Waals surface area contributed by atoms with Crippen molar-refractivity contribution in [2.45, 2.75) is 88.6 Å². The molecule has 7 heteroatoms. The summed E-state index contributed by atoms with van der Waals surface area (Å²) in [6.45, 7) is 4.57. The van der Waals surface area contributed by atoms with Gasteiger partial charge in [-0.2, -0.15) is 0 Å². The molecule has 2 heterocycles. The number of ketones is 1. The number of hydrogen-bond donors (Lipinski definition) is 2. The first-order valence-electron chi connectivity index (χ1n) is 11.8. The van der Waals surface area contributed by atoms with Crippen LogP contribution in [-0.2, 0) is 19.1 Å². The van der Waals surface area contributed by atoms with Gasteiger partial charge in [0.15, 0.2) is 5.78 Å². The number of urea groups is 1. The van der Waals surface area contributed by atoms with E-state index in [-0.39, 0.29) is 52.3 Å². The van der Waals surface area contributed by atoms with Crippen molar-refractivity contribution in [1.82, 2.24) is 10.6 Å². The molecular weight excluding hydrogens is 396 g/mol. The SMILES string of the molecule is CNC(=O)NC1CC2=CC(=O)CC[C@]2(C)C23O[C@H]2C[C@@]2(C)C(CC[C@@]24CCC(=O)O4)C13. The van der Waals surface area contributed by atoms with Gasteiger partial charge in [-0.3, -0.25) is 9.59 Å². The van der Waals surface area contributed by atoms with E-state index >= 15 is 0 Å². The van der Waals surface area contributed by atoms with Crippen molar-refractivity contribution in [2.24, 2.45) is 22.7 Å². The summed E-state index contributed by atoms with van der Waals surface area (Å²) in [6, 6.07) is -0.303. The minimum absolute atomic E-state index is 0.0731. The van der Waals surface area contributed by atoms with Crippen LogP contribution < -0.4 is 10.6 Å². The lowest BCUT2D eigenvalue weighted by atomic mass is 9.45. The lowest BCUT2D eigenvalue weighted by Crippen LogP contribution is -2.66. The third-order valence-corrected chi connectivity index (χ3v) is 10.3. The van der Waals surface area contributed by atoms with Crippen molar-refractivity contribution >= 4 is 17.8 Å². The highest BCUT2D eigenvalue weighted by molar-refractivity contribution is 5.92. The van der Waals surface area contributed by atoms with Crippen LogP contribution in [0.2, 0.25) is 0 Å². The fourth-order valence-electron chi connectivity index (χ4n) is 8.69. The van der Waals surface area contributed by atoms with Crippen molar-refractivity contribution in [1.29, 1.82) is 0 Å². The van der Waals surface area contributed by atoms with E-state index in [2.05, 4.69) is 24.5 Å². The fourth-order valence-corrected chi connectivity index (χ4v) is 8.69. The third kappa shape index (κ3) is 2.21. The normalized spacial score (nSPS) is 51.8. The minimum atomic E-state index is -0.399. The molecular formula is C24H32N2O5. The third-order valence-electron chi connectivity index (χ3n) is 10.3. The molecule has 2 N–H and O–H groups in total. The first kappa shape index (κ1) is 19.8. The first-order chi connectivity index (χ1) is 14.7. The molecule has 2 saturated heterocycles. The number of amides is 2. The maximum atomic E-state index is 12.4. The van der Waals surface area contributed by atoms with Crippen molar-refractivity contribution in [3.05, 3.63) is 11.6 Å². The molecule has 3 saturated carbocycles. The molecule has 0 aromatic rings. The molecule has 31 heavy (non-hydrogen) atoms. The number of ether oxygens (including phenoxy) is 2. The minimum Gasteiger partial charge on any atom is -0.458 e. The van der Waals surface area contributed by atoms with Gasteiger partial charge in [-0.1, -0.05) is 19.4 Å². The van der Waals surface area contributed by atoms with Gasteiger partial charge in [0.25, 0.3) is 0 Å². The molecule has 6 rings (SSSR count). The lowest BCUT2D eigenvalue weighted by molar-refractivity contribution is -0.165. The second kappa shape index (κ2) is 5.91. The van der Waals surface area contributed by atoms with Crippen LogP contribution in [0.15, 0.2) is 11.6 Å². The number of carbonyl (C=O) groups excluding carboxylic acids is 3. The Morgan fingerprint density at radius 1 is 1.16 bits per heavy atom. The van der Waals surface area contributed by atoms with Crippen molar-refractivity contribution in [3.8, 4) is 0 Å². The second-order valence-corrected chi connectivity index (χ2v) is 11.2. The monoisotopic (exact) mass is 428 g/mol. The first-order valence-corrected chi connectivity index (χ1v) is 11.8. The van der Waals surface area contributed by atoms with Gasteiger partial charge < -0.3 is 20.1 Å². The van der Waals surface area contributed by atoms with E-state index in [1.54, 1.807) is 7.05 Å². The van der Waals surface area contributed by atoms with Crippen LogP contribution in [0.4, 0.5) is 4.79 Å². The summed E-state index contributed by atoms with van der Waals surface area (Å²) < 4.78 is 12.7. The molecule has 8 atom stereocenters. The lowest BCUT2D eigenvalue weighted by Gasteiger charge is -2.59. The highest BCUT2D eigenvalue weighted by Crippen LogP contribution is 2.77. The molecule has 0 aromatic heterocycles. The Hall–Kier alpha value is -1.89. The number of rotatable bonds is 1. The van der Waals surface area contributed by atoms with Crippen molar-refractivity contribution in [2.75, 3.05) is 7.05 Å². The summed E-state index contributed by atoms with van der Waals surface area (Å²) >= 11 is 0. The van der Waals surface area contributed by atoms with E-state index in [1.165, 1.54) is 0 Å². The number of epoxide rings is 1. The highest BCUT2D eigenvalue weighted by Gasteiger charge is 2.83. The van der Waals surface area contributed by atoms with E-state index in [1.807, 2.05) is 6.08 Å². The predicted molar refractivity (Wildman–Crippen MR) is 111 cm³/mol. The molecule has 2 amide bonds. The van der Waals surface area contributed by atoms with Gasteiger partial charge in [0, 0.05) is 42.7 Å². The zero-order chi connectivity index (χ0) is 21.8. The van der Waals surface area contributed by atoms with E-state index < -0.39 is 5.60 Å². The van der Waals surface area contributed by atoms with Gasteiger partial charge in [0.2, 0.25) is 0 Å². The molecule has 4 aliphatic carbocycles. The Kier molecular flexibility index (Phi) is 3.77. The van der Waals surface area contributed by atoms with E-state index in [4.69, 9.17) is 9.47 Å². The Morgan fingerprint density at radius 3 is 2.68 bits per heavy atom. The van der Waals surface area contributed by atoms with E-state index in [0.717, 1.165) is 37.7 Å². The van der Waals surface area contributed by atoms with E-state index in [9.17, 15) is 14.4 Å². The molecule has 168 valence electrons. The van der Waals surface area contributed by atoms with Gasteiger partial charge in [0.1, 0.15) is 11.2 Å². The van der Waals surface area contributed by atoms with Gasteiger partial charge in [-0.25, -0.2) is 4.79 Å². The average molecular weight is 429 g/mol. The number of hydrogen-bond acceptors (Lipinski definition) is 5. The zero-order valence-corrected chi connectivity index (χ0v) is 18.6. The predicted octanol–water partition coefficient (Wildman–Crippen LogP) is 2.63. The molecule has 5 fully saturated rings. The standard InChI is InChI=1S/C24H32N2O5/c1-21-7-4-14(27)10-13(21)11-16(26-20(29)25-3)19-15-5-8-23(9-6-18(28)31-23)22(15,2)12-17-24(19,21)30-17/h10,15-17,19H,4-9,11-12H2,1-3H3,(H2,25,26,29)/t15?,16?,17-,19?,21-,22-,23+,24?/m0/s1. The van der Waals surface area contributed by atoms with Crippen LogP contribution in [-0.4, -0.2) is 48.2 Å². The Morgan fingerprint density at radius 2 is 1.97 bits per heavy atom. The summed E-state index contributed by atoms with van der Waals surface area (Å²) in [7, 11) is 1.63. The van der Waals surface area contributed by atoms with Crippen LogP contribution in [0.25, 0.3) is 0 Å². The fraction of sp³-hybridized carbons (Fsp3) is 0.792. The second-order valence-electron chi connectivity index (χ2n) is 11.2. The Balaban J connectivity index is 1.46. The molecule has 6 aliphatic rings. The average Bonchev–Trinajstić information content (AvgIpc) is 3.21. The molecule has 2 spiro atoms. The number of carbonyl (C=O) groups is 3. The summed E-state index contributed by atoms with van der Waals surface area (Å²) in [6.07, 6.45) is 7.98. The van der Waals surface area contributed by atoms with Gasteiger partial charge in [-0.05, 0) is 50.5 Å². The largest absolute Gasteiger partial charge is 0.458 e. The van der Waals surface area contributed by atoms with Crippen LogP contribution in [0.5, 0.6) is 0 Å². The molecule has 4 unspecified atom stereocenters. The van der Waals surface area contributed by atoms with Crippen LogP contribution >= 0.6 is 0 Å². The maximum absolute atomic E-state index is 12.4. The summed E-state index contributed by atoms with van der Waals surface area (Å²) in [5, 5.41) is 5.91. The number of fused-ring (bicyclic) bond motifs is 4. The van der Waals surface area contributed by atoms with Crippen LogP contribution in [0, 0.1) is 22.7 Å². The molecule has 2 aliphatic heterocycles. The summed E-state index contributed by atoms with van der Waals surface area (Å²) in [5.41, 5.74) is 0.0541. The van der Waals surface area contributed by atoms with Gasteiger partial charge >= 0.3 is 12.0 Å². The highest BCUT2D eigenvalue weighted by atomic mass is 16.6. The van der Waals surface area contributed by atoms with Crippen molar-refractivity contribution in [3.63, 3.8) is 0 Å². The molecule has 7 nitrogen and oxygen atoms in total. The maximum Gasteiger partial charge on any atom is 0.314 e. The Labute approximate surface area is 182 Å². The number of esters is 1. The van der Waals surface area contributed by atoms with Gasteiger partial charge in [-0.15, -0.1) is 0 Å². The van der Waals surface area contributed by atoms with Crippen LogP contribution in [0.1, 0.15) is 65.2 Å². The van der Waals surface area contributed by atoms with Crippen LogP contribution in [0.3, 0.4) is 0 Å². The molecule has 0 aromatic carbocycles. The smallest absolute Gasteiger partial charge is 0.314 e. The summed E-state index contributed by atoms with van der Waals surface area (Å²) in [4.78, 5) is 36.9. The topological polar surface area (TPSA) is 97.0 Å². The zero-order valence-electron chi connectivity index (χ0n) is 18.6. The quantitative estimate of drug-likeness (QED) is 0.494. The van der Waals surface area contributed by atoms with Crippen molar-refractivity contribution < 1.29 is 23.9 Å². The summed E-state index contributed by atoms with van der Waals surface area (Å²) in [5.74, 6) is 0.538. The number of nitrogens with one attached hydrogen (secondary N) is 2. The molecule has 0 radical (unpaired) electrons. The Bertz CT molecular complexity index is 931. The molecule has 0 bridgehead atoms.